The minimum absolute atomic E-state index is 0.162. The van der Waals surface area contributed by atoms with Gasteiger partial charge in [-0.05, 0) is 43.2 Å². The SMILES string of the molecule is NNC(CC1OCCc2ccccc21)C1CC2CCC1O2. The summed E-state index contributed by atoms with van der Waals surface area (Å²) in [6, 6.07) is 8.91. The van der Waals surface area contributed by atoms with Gasteiger partial charge in [0.2, 0.25) is 0 Å². The summed E-state index contributed by atoms with van der Waals surface area (Å²) in [5.74, 6) is 6.39. The van der Waals surface area contributed by atoms with E-state index in [9.17, 15) is 0 Å². The Balaban J connectivity index is 1.50. The molecular weight excluding hydrogens is 264 g/mol. The predicted molar refractivity (Wildman–Crippen MR) is 80.6 cm³/mol. The van der Waals surface area contributed by atoms with Gasteiger partial charge in [0.1, 0.15) is 0 Å². The first-order valence-corrected chi connectivity index (χ1v) is 8.16. The summed E-state index contributed by atoms with van der Waals surface area (Å²) in [7, 11) is 0. The monoisotopic (exact) mass is 288 g/mol. The number of hydrazine groups is 1. The highest BCUT2D eigenvalue weighted by Crippen LogP contribution is 2.42. The molecule has 2 fully saturated rings. The molecule has 1 aromatic carbocycles. The van der Waals surface area contributed by atoms with Gasteiger partial charge in [0.05, 0.1) is 24.9 Å². The van der Waals surface area contributed by atoms with Crippen molar-refractivity contribution in [1.82, 2.24) is 5.43 Å². The summed E-state index contributed by atoms with van der Waals surface area (Å²) in [5.41, 5.74) is 5.81. The Bertz CT molecular complexity index is 507. The van der Waals surface area contributed by atoms with Gasteiger partial charge in [-0.2, -0.15) is 0 Å². The second kappa shape index (κ2) is 5.69. The number of hydrogen-bond donors (Lipinski definition) is 2. The smallest absolute Gasteiger partial charge is 0.0843 e. The Morgan fingerprint density at radius 2 is 2.19 bits per heavy atom. The number of nitrogens with one attached hydrogen (secondary N) is 1. The molecule has 21 heavy (non-hydrogen) atoms. The van der Waals surface area contributed by atoms with Crippen molar-refractivity contribution in [3.63, 3.8) is 0 Å². The van der Waals surface area contributed by atoms with Crippen molar-refractivity contribution in [2.45, 2.75) is 56.5 Å². The van der Waals surface area contributed by atoms with Crippen LogP contribution in [0.4, 0.5) is 0 Å². The molecule has 0 saturated carbocycles. The molecular formula is C17H24N2O2. The van der Waals surface area contributed by atoms with Gasteiger partial charge < -0.3 is 9.47 Å². The van der Waals surface area contributed by atoms with Crippen molar-refractivity contribution in [3.05, 3.63) is 35.4 Å². The maximum atomic E-state index is 6.04. The Kier molecular flexibility index (Phi) is 3.71. The lowest BCUT2D eigenvalue weighted by Crippen LogP contribution is -2.45. The number of ether oxygens (including phenoxy) is 2. The maximum Gasteiger partial charge on any atom is 0.0843 e. The van der Waals surface area contributed by atoms with Crippen LogP contribution in [0.2, 0.25) is 0 Å². The van der Waals surface area contributed by atoms with Crippen LogP contribution < -0.4 is 11.3 Å². The van der Waals surface area contributed by atoms with Crippen LogP contribution in [0.5, 0.6) is 0 Å². The first-order chi connectivity index (χ1) is 10.3. The van der Waals surface area contributed by atoms with Crippen LogP contribution in [-0.2, 0) is 15.9 Å². The van der Waals surface area contributed by atoms with E-state index in [0.717, 1.165) is 25.9 Å². The third-order valence-corrected chi connectivity index (χ3v) is 5.44. The number of nitrogens with two attached hydrogens (primary N) is 1. The van der Waals surface area contributed by atoms with Crippen molar-refractivity contribution < 1.29 is 9.47 Å². The molecule has 5 unspecified atom stereocenters. The van der Waals surface area contributed by atoms with E-state index in [2.05, 4.69) is 29.7 Å². The van der Waals surface area contributed by atoms with Crippen LogP contribution in [0.15, 0.2) is 24.3 Å². The normalized spacial score (nSPS) is 35.7. The fraction of sp³-hybridized carbons (Fsp3) is 0.647. The highest BCUT2D eigenvalue weighted by Gasteiger charge is 2.44. The Hall–Kier alpha value is -0.940. The van der Waals surface area contributed by atoms with Crippen molar-refractivity contribution in [2.24, 2.45) is 11.8 Å². The molecule has 4 rings (SSSR count). The van der Waals surface area contributed by atoms with Crippen LogP contribution in [0, 0.1) is 5.92 Å². The molecule has 114 valence electrons. The molecule has 3 aliphatic rings. The Morgan fingerprint density at radius 1 is 1.29 bits per heavy atom. The highest BCUT2D eigenvalue weighted by molar-refractivity contribution is 5.31. The lowest BCUT2D eigenvalue weighted by Gasteiger charge is -2.33. The standard InChI is InChI=1S/C17H24N2O2/c18-19-15(14-9-12-5-6-16(14)21-12)10-17-13-4-2-1-3-11(13)7-8-20-17/h1-4,12,14-17,19H,5-10,18H2. The van der Waals surface area contributed by atoms with E-state index in [0.29, 0.717) is 18.1 Å². The highest BCUT2D eigenvalue weighted by atomic mass is 16.5. The number of benzene rings is 1. The first kappa shape index (κ1) is 13.7. The molecule has 4 nitrogen and oxygen atoms in total. The zero-order chi connectivity index (χ0) is 14.2. The van der Waals surface area contributed by atoms with E-state index in [4.69, 9.17) is 15.3 Å². The second-order valence-electron chi connectivity index (χ2n) is 6.59. The predicted octanol–water partition coefficient (Wildman–Crippen LogP) is 2.09. The summed E-state index contributed by atoms with van der Waals surface area (Å²) in [6.07, 6.45) is 6.54. The quantitative estimate of drug-likeness (QED) is 0.658. The average Bonchev–Trinajstić information content (AvgIpc) is 3.15. The molecule has 0 aromatic heterocycles. The van der Waals surface area contributed by atoms with Crippen LogP contribution in [0.25, 0.3) is 0 Å². The summed E-state index contributed by atoms with van der Waals surface area (Å²) < 4.78 is 12.0. The van der Waals surface area contributed by atoms with Crippen LogP contribution >= 0.6 is 0 Å². The molecule has 3 heterocycles. The fourth-order valence-electron chi connectivity index (χ4n) is 4.37. The molecule has 0 radical (unpaired) electrons. The molecule has 0 amide bonds. The van der Waals surface area contributed by atoms with E-state index in [1.165, 1.54) is 24.0 Å². The number of hydrogen-bond acceptors (Lipinski definition) is 4. The van der Waals surface area contributed by atoms with Gasteiger partial charge in [0, 0.05) is 12.0 Å². The van der Waals surface area contributed by atoms with E-state index >= 15 is 0 Å². The molecule has 3 aliphatic heterocycles. The lowest BCUT2D eigenvalue weighted by atomic mass is 9.80. The van der Waals surface area contributed by atoms with Gasteiger partial charge in [0.15, 0.2) is 0 Å². The fourth-order valence-corrected chi connectivity index (χ4v) is 4.37. The third-order valence-electron chi connectivity index (χ3n) is 5.44. The summed E-state index contributed by atoms with van der Waals surface area (Å²) in [6.45, 7) is 0.812. The largest absolute Gasteiger partial charge is 0.375 e. The molecule has 0 aliphatic carbocycles. The maximum absolute atomic E-state index is 6.04. The number of fused-ring (bicyclic) bond motifs is 3. The Morgan fingerprint density at radius 3 is 2.95 bits per heavy atom. The van der Waals surface area contributed by atoms with Crippen molar-refractivity contribution in [1.29, 1.82) is 0 Å². The van der Waals surface area contributed by atoms with Crippen LogP contribution in [0.3, 0.4) is 0 Å². The van der Waals surface area contributed by atoms with Gasteiger partial charge in [-0.1, -0.05) is 24.3 Å². The van der Waals surface area contributed by atoms with Gasteiger partial charge in [-0.15, -0.1) is 0 Å². The third kappa shape index (κ3) is 2.50. The van der Waals surface area contributed by atoms with Crippen molar-refractivity contribution in [2.75, 3.05) is 6.61 Å². The van der Waals surface area contributed by atoms with Crippen molar-refractivity contribution >= 4 is 0 Å². The minimum atomic E-state index is 0.162. The topological polar surface area (TPSA) is 56.5 Å². The zero-order valence-electron chi connectivity index (χ0n) is 12.3. The molecule has 3 N–H and O–H groups in total. The first-order valence-electron chi connectivity index (χ1n) is 8.16. The Labute approximate surface area is 126 Å². The lowest BCUT2D eigenvalue weighted by molar-refractivity contribution is 0.0185. The average molecular weight is 288 g/mol. The van der Waals surface area contributed by atoms with Gasteiger partial charge in [-0.25, -0.2) is 0 Å². The van der Waals surface area contributed by atoms with Gasteiger partial charge in [-0.3, -0.25) is 11.3 Å². The van der Waals surface area contributed by atoms with E-state index in [1.807, 2.05) is 0 Å². The zero-order valence-corrected chi connectivity index (χ0v) is 12.3. The van der Waals surface area contributed by atoms with Crippen LogP contribution in [-0.4, -0.2) is 24.9 Å². The van der Waals surface area contributed by atoms with Crippen LogP contribution in [0.1, 0.15) is 42.9 Å². The van der Waals surface area contributed by atoms with Gasteiger partial charge in [0.25, 0.3) is 0 Å². The molecule has 5 atom stereocenters. The molecule has 0 spiro atoms. The van der Waals surface area contributed by atoms with E-state index in [-0.39, 0.29) is 12.1 Å². The number of rotatable bonds is 4. The second-order valence-corrected chi connectivity index (χ2v) is 6.59. The molecule has 1 aromatic rings. The summed E-state index contributed by atoms with van der Waals surface area (Å²) in [4.78, 5) is 0. The molecule has 4 heteroatoms. The van der Waals surface area contributed by atoms with E-state index < -0.39 is 0 Å². The van der Waals surface area contributed by atoms with Crippen molar-refractivity contribution in [3.8, 4) is 0 Å². The van der Waals surface area contributed by atoms with Gasteiger partial charge >= 0.3 is 0 Å². The minimum Gasteiger partial charge on any atom is -0.375 e. The molecule has 2 saturated heterocycles. The summed E-state index contributed by atoms with van der Waals surface area (Å²) >= 11 is 0. The van der Waals surface area contributed by atoms with E-state index in [1.54, 1.807) is 0 Å². The summed E-state index contributed by atoms with van der Waals surface area (Å²) in [5, 5.41) is 0. The molecule has 2 bridgehead atoms.